The maximum absolute atomic E-state index is 12.0. The van der Waals surface area contributed by atoms with Crippen LogP contribution in [0.3, 0.4) is 0 Å². The fraction of sp³-hybridized carbons (Fsp3) is 0.455. The van der Waals surface area contributed by atoms with Crippen LogP contribution >= 0.6 is 0 Å². The SMILES string of the molecule is CC(C)S(=O)(=O)c1cc(N(C)C)ccc1N. The fourth-order valence-corrected chi connectivity index (χ4v) is 2.49. The second kappa shape index (κ2) is 4.33. The Kier molecular flexibility index (Phi) is 3.48. The van der Waals surface area contributed by atoms with Gasteiger partial charge in [-0.05, 0) is 32.0 Å². The van der Waals surface area contributed by atoms with Crippen LogP contribution < -0.4 is 10.6 Å². The third kappa shape index (κ3) is 2.29. The quantitative estimate of drug-likeness (QED) is 0.816. The van der Waals surface area contributed by atoms with Crippen molar-refractivity contribution in [2.75, 3.05) is 24.7 Å². The number of rotatable bonds is 3. The van der Waals surface area contributed by atoms with Gasteiger partial charge in [-0.15, -0.1) is 0 Å². The summed E-state index contributed by atoms with van der Waals surface area (Å²) in [6, 6.07) is 5.05. The zero-order valence-corrected chi connectivity index (χ0v) is 10.9. The summed E-state index contributed by atoms with van der Waals surface area (Å²) in [6.07, 6.45) is 0. The topological polar surface area (TPSA) is 63.4 Å². The lowest BCUT2D eigenvalue weighted by Crippen LogP contribution is -2.17. The molecule has 1 rings (SSSR count). The van der Waals surface area contributed by atoms with E-state index in [1.54, 1.807) is 32.0 Å². The second-order valence-electron chi connectivity index (χ2n) is 4.21. The minimum absolute atomic E-state index is 0.216. The molecule has 0 unspecified atom stereocenters. The average molecular weight is 242 g/mol. The molecule has 0 radical (unpaired) electrons. The molecule has 0 saturated heterocycles. The molecule has 0 aliphatic carbocycles. The second-order valence-corrected chi connectivity index (χ2v) is 6.68. The van der Waals surface area contributed by atoms with E-state index in [1.807, 2.05) is 19.0 Å². The molecule has 90 valence electrons. The van der Waals surface area contributed by atoms with Crippen molar-refractivity contribution in [3.05, 3.63) is 18.2 Å². The normalized spacial score (nSPS) is 11.8. The first-order valence-electron chi connectivity index (χ1n) is 5.07. The fourth-order valence-electron chi connectivity index (χ4n) is 1.30. The van der Waals surface area contributed by atoms with Crippen molar-refractivity contribution < 1.29 is 8.42 Å². The molecule has 1 aromatic rings. The van der Waals surface area contributed by atoms with Gasteiger partial charge in [0.05, 0.1) is 15.8 Å². The molecule has 4 nitrogen and oxygen atoms in total. The van der Waals surface area contributed by atoms with Gasteiger partial charge in [0.1, 0.15) is 0 Å². The van der Waals surface area contributed by atoms with E-state index in [4.69, 9.17) is 5.73 Å². The van der Waals surface area contributed by atoms with Crippen molar-refractivity contribution in [1.82, 2.24) is 0 Å². The Hall–Kier alpha value is -1.23. The summed E-state index contributed by atoms with van der Waals surface area (Å²) in [5.41, 5.74) is 6.85. The van der Waals surface area contributed by atoms with Crippen molar-refractivity contribution in [3.8, 4) is 0 Å². The van der Waals surface area contributed by atoms with E-state index in [9.17, 15) is 8.42 Å². The first kappa shape index (κ1) is 12.8. The van der Waals surface area contributed by atoms with Crippen LogP contribution in [0, 0.1) is 0 Å². The summed E-state index contributed by atoms with van der Waals surface area (Å²) >= 11 is 0. The van der Waals surface area contributed by atoms with Crippen LogP contribution in [0.15, 0.2) is 23.1 Å². The van der Waals surface area contributed by atoms with E-state index in [2.05, 4.69) is 0 Å². The molecule has 0 bridgehead atoms. The summed E-state index contributed by atoms with van der Waals surface area (Å²) in [4.78, 5) is 2.06. The lowest BCUT2D eigenvalue weighted by Gasteiger charge is -2.16. The van der Waals surface area contributed by atoms with Gasteiger partial charge in [-0.2, -0.15) is 0 Å². The predicted octanol–water partition coefficient (Wildman–Crippen LogP) is 1.52. The molecular weight excluding hydrogens is 224 g/mol. The van der Waals surface area contributed by atoms with Gasteiger partial charge in [0, 0.05) is 19.8 Å². The number of hydrogen-bond acceptors (Lipinski definition) is 4. The summed E-state index contributed by atoms with van der Waals surface area (Å²) in [6.45, 7) is 3.30. The van der Waals surface area contributed by atoms with Gasteiger partial charge < -0.3 is 10.6 Å². The Morgan fingerprint density at radius 1 is 1.25 bits per heavy atom. The molecular formula is C11H18N2O2S. The predicted molar refractivity (Wildman–Crippen MR) is 67.5 cm³/mol. The Balaban J connectivity index is 3.39. The van der Waals surface area contributed by atoms with E-state index >= 15 is 0 Å². The first-order valence-corrected chi connectivity index (χ1v) is 6.62. The van der Waals surface area contributed by atoms with Gasteiger partial charge in [0.2, 0.25) is 0 Å². The number of nitrogens with two attached hydrogens (primary N) is 1. The highest BCUT2D eigenvalue weighted by Gasteiger charge is 2.22. The van der Waals surface area contributed by atoms with Crippen molar-refractivity contribution in [1.29, 1.82) is 0 Å². The highest BCUT2D eigenvalue weighted by Crippen LogP contribution is 2.26. The highest BCUT2D eigenvalue weighted by atomic mass is 32.2. The minimum atomic E-state index is -3.32. The van der Waals surface area contributed by atoms with E-state index < -0.39 is 15.1 Å². The lowest BCUT2D eigenvalue weighted by molar-refractivity contribution is 0.588. The number of sulfone groups is 1. The van der Waals surface area contributed by atoms with E-state index in [0.717, 1.165) is 5.69 Å². The van der Waals surface area contributed by atoms with Crippen LogP contribution in [-0.2, 0) is 9.84 Å². The Bertz CT molecular complexity index is 479. The van der Waals surface area contributed by atoms with Gasteiger partial charge >= 0.3 is 0 Å². The monoisotopic (exact) mass is 242 g/mol. The Morgan fingerprint density at radius 2 is 1.81 bits per heavy atom. The minimum Gasteiger partial charge on any atom is -0.398 e. The lowest BCUT2D eigenvalue weighted by atomic mass is 10.3. The van der Waals surface area contributed by atoms with E-state index in [1.165, 1.54) is 0 Å². The molecule has 2 N–H and O–H groups in total. The number of anilines is 2. The molecule has 1 aromatic carbocycles. The third-order valence-corrected chi connectivity index (χ3v) is 4.65. The van der Waals surface area contributed by atoms with Gasteiger partial charge in [-0.3, -0.25) is 0 Å². The molecule has 0 amide bonds. The molecule has 5 heteroatoms. The van der Waals surface area contributed by atoms with Crippen LogP contribution in [0.1, 0.15) is 13.8 Å². The van der Waals surface area contributed by atoms with Crippen molar-refractivity contribution in [2.45, 2.75) is 24.0 Å². The van der Waals surface area contributed by atoms with Crippen molar-refractivity contribution in [2.24, 2.45) is 0 Å². The number of hydrogen-bond donors (Lipinski definition) is 1. The molecule has 0 aromatic heterocycles. The van der Waals surface area contributed by atoms with Crippen LogP contribution in [0.25, 0.3) is 0 Å². The van der Waals surface area contributed by atoms with Crippen LogP contribution in [0.4, 0.5) is 11.4 Å². The molecule has 0 saturated carbocycles. The van der Waals surface area contributed by atoms with Gasteiger partial charge in [0.15, 0.2) is 9.84 Å². The number of benzene rings is 1. The van der Waals surface area contributed by atoms with Gasteiger partial charge in [0.25, 0.3) is 0 Å². The molecule has 0 atom stereocenters. The van der Waals surface area contributed by atoms with Crippen LogP contribution in [-0.4, -0.2) is 27.8 Å². The summed E-state index contributed by atoms with van der Waals surface area (Å²) < 4.78 is 24.1. The van der Waals surface area contributed by atoms with E-state index in [0.29, 0.717) is 5.69 Å². The maximum Gasteiger partial charge on any atom is 0.182 e. The summed E-state index contributed by atoms with van der Waals surface area (Å²) in [5, 5.41) is -0.466. The largest absolute Gasteiger partial charge is 0.398 e. The molecule has 0 aliphatic heterocycles. The standard InChI is InChI=1S/C11H18N2O2S/c1-8(2)16(14,15)11-7-9(13(3)4)5-6-10(11)12/h5-8H,12H2,1-4H3. The van der Waals surface area contributed by atoms with E-state index in [-0.39, 0.29) is 4.90 Å². The third-order valence-electron chi connectivity index (χ3n) is 2.44. The molecule has 0 spiro atoms. The number of nitrogen functional groups attached to an aromatic ring is 1. The Morgan fingerprint density at radius 3 is 2.25 bits per heavy atom. The summed E-state index contributed by atoms with van der Waals surface area (Å²) in [5.74, 6) is 0. The maximum atomic E-state index is 12.0. The smallest absolute Gasteiger partial charge is 0.182 e. The van der Waals surface area contributed by atoms with Crippen molar-refractivity contribution in [3.63, 3.8) is 0 Å². The number of nitrogens with zero attached hydrogens (tertiary/aromatic N) is 1. The Labute approximate surface area is 97.0 Å². The molecule has 0 fully saturated rings. The van der Waals surface area contributed by atoms with Gasteiger partial charge in [-0.1, -0.05) is 0 Å². The highest BCUT2D eigenvalue weighted by molar-refractivity contribution is 7.92. The van der Waals surface area contributed by atoms with Gasteiger partial charge in [-0.25, -0.2) is 8.42 Å². The average Bonchev–Trinajstić information content (AvgIpc) is 2.17. The van der Waals surface area contributed by atoms with Crippen molar-refractivity contribution >= 4 is 21.2 Å². The summed E-state index contributed by atoms with van der Waals surface area (Å²) in [7, 11) is 0.402. The zero-order valence-electron chi connectivity index (χ0n) is 10.1. The van der Waals surface area contributed by atoms with Crippen LogP contribution in [0.5, 0.6) is 0 Å². The molecule has 0 aliphatic rings. The molecule has 0 heterocycles. The zero-order chi connectivity index (χ0) is 12.5. The first-order chi connectivity index (χ1) is 7.26. The molecule has 16 heavy (non-hydrogen) atoms. The van der Waals surface area contributed by atoms with Crippen LogP contribution in [0.2, 0.25) is 0 Å².